The zero-order valence-electron chi connectivity index (χ0n) is 19.6. The van der Waals surface area contributed by atoms with Gasteiger partial charge in [-0.3, -0.25) is 19.3 Å². The minimum absolute atomic E-state index is 0.0357. The first-order valence-electron chi connectivity index (χ1n) is 11.7. The van der Waals surface area contributed by atoms with Crippen LogP contribution in [-0.2, 0) is 14.3 Å². The fourth-order valence-corrected chi connectivity index (χ4v) is 4.05. The minimum atomic E-state index is -0.937. The summed E-state index contributed by atoms with van der Waals surface area (Å²) in [5, 5.41) is 5.56. The highest BCUT2D eigenvalue weighted by Gasteiger charge is 2.33. The van der Waals surface area contributed by atoms with Crippen molar-refractivity contribution in [3.8, 4) is 0 Å². The first-order valence-corrected chi connectivity index (χ1v) is 11.7. The van der Waals surface area contributed by atoms with Crippen LogP contribution in [0.5, 0.6) is 0 Å². The highest BCUT2D eigenvalue weighted by Crippen LogP contribution is 2.28. The summed E-state index contributed by atoms with van der Waals surface area (Å²) in [7, 11) is 0. The van der Waals surface area contributed by atoms with Crippen LogP contribution in [0.3, 0.4) is 0 Å². The Morgan fingerprint density at radius 2 is 1.77 bits per heavy atom. The summed E-state index contributed by atoms with van der Waals surface area (Å²) < 4.78 is 10.8. The molecule has 8 heteroatoms. The Labute approximate surface area is 204 Å². The molecule has 3 amide bonds. The van der Waals surface area contributed by atoms with Crippen molar-refractivity contribution in [2.45, 2.75) is 31.9 Å². The number of amides is 3. The molecule has 0 bridgehead atoms. The van der Waals surface area contributed by atoms with E-state index in [1.807, 2.05) is 49.4 Å². The topological polar surface area (TPSA) is 101 Å². The van der Waals surface area contributed by atoms with Crippen LogP contribution < -0.4 is 15.5 Å². The van der Waals surface area contributed by atoms with Crippen molar-refractivity contribution in [3.63, 3.8) is 0 Å². The van der Waals surface area contributed by atoms with E-state index in [9.17, 15) is 14.4 Å². The largest absolute Gasteiger partial charge is 0.459 e. The van der Waals surface area contributed by atoms with Gasteiger partial charge in [0.2, 0.25) is 11.8 Å². The molecule has 2 aromatic carbocycles. The molecule has 1 aliphatic heterocycles. The maximum Gasteiger partial charge on any atom is 0.287 e. The van der Waals surface area contributed by atoms with E-state index < -0.39 is 17.9 Å². The third-order valence-corrected chi connectivity index (χ3v) is 5.88. The molecule has 0 aliphatic carbocycles. The van der Waals surface area contributed by atoms with Crippen molar-refractivity contribution in [1.29, 1.82) is 0 Å². The molecule has 35 heavy (non-hydrogen) atoms. The fourth-order valence-electron chi connectivity index (χ4n) is 4.05. The molecule has 2 atom stereocenters. The van der Waals surface area contributed by atoms with Crippen molar-refractivity contribution in [2.24, 2.45) is 0 Å². The standard InChI is InChI=1S/C27H29N3O5/c1-19-11-13-21(14-12-19)30(24(31)18-29-26(32)23-10-6-16-35-23)25(20-7-3-2-4-8-20)27(33)28-17-22-9-5-15-34-22/h2-4,6-8,10-14,16,22,25H,5,9,15,17-18H2,1H3,(H,28,33)(H,29,32)/t22-,25+/m0/s1. The third-order valence-electron chi connectivity index (χ3n) is 5.88. The van der Waals surface area contributed by atoms with Crippen LogP contribution in [0.25, 0.3) is 0 Å². The smallest absolute Gasteiger partial charge is 0.287 e. The number of benzene rings is 2. The first-order chi connectivity index (χ1) is 17.0. The van der Waals surface area contributed by atoms with Crippen molar-refractivity contribution >= 4 is 23.4 Å². The molecule has 1 aromatic heterocycles. The number of hydrogen-bond donors (Lipinski definition) is 2. The lowest BCUT2D eigenvalue weighted by Gasteiger charge is -2.32. The lowest BCUT2D eigenvalue weighted by atomic mass is 10.0. The Morgan fingerprint density at radius 3 is 2.43 bits per heavy atom. The number of carbonyl (C=O) groups excluding carboxylic acids is 3. The summed E-state index contributed by atoms with van der Waals surface area (Å²) in [5.74, 6) is -1.16. The van der Waals surface area contributed by atoms with E-state index in [-0.39, 0.29) is 24.3 Å². The van der Waals surface area contributed by atoms with Crippen LogP contribution in [0.15, 0.2) is 77.4 Å². The van der Waals surface area contributed by atoms with Gasteiger partial charge >= 0.3 is 0 Å². The summed E-state index contributed by atoms with van der Waals surface area (Å²) in [6, 6.07) is 18.7. The van der Waals surface area contributed by atoms with Gasteiger partial charge in [-0.2, -0.15) is 0 Å². The number of aryl methyl sites for hydroxylation is 1. The number of carbonyl (C=O) groups is 3. The summed E-state index contributed by atoms with van der Waals surface area (Å²) in [5.41, 5.74) is 2.23. The van der Waals surface area contributed by atoms with Gasteiger partial charge in [0.05, 0.1) is 18.9 Å². The molecule has 8 nitrogen and oxygen atoms in total. The highest BCUT2D eigenvalue weighted by atomic mass is 16.5. The summed E-state index contributed by atoms with van der Waals surface area (Å²) >= 11 is 0. The van der Waals surface area contributed by atoms with Crippen molar-refractivity contribution < 1.29 is 23.5 Å². The van der Waals surface area contributed by atoms with E-state index >= 15 is 0 Å². The summed E-state index contributed by atoms with van der Waals surface area (Å²) in [6.45, 7) is 2.69. The molecular formula is C27H29N3O5. The summed E-state index contributed by atoms with van der Waals surface area (Å²) in [6.07, 6.45) is 3.20. The number of nitrogens with one attached hydrogen (secondary N) is 2. The Bertz CT molecular complexity index is 1120. The van der Waals surface area contributed by atoms with Gasteiger partial charge in [-0.25, -0.2) is 0 Å². The molecule has 0 saturated carbocycles. The molecule has 1 saturated heterocycles. The van der Waals surface area contributed by atoms with E-state index in [4.69, 9.17) is 9.15 Å². The van der Waals surface area contributed by atoms with Crippen molar-refractivity contribution in [1.82, 2.24) is 10.6 Å². The second-order valence-electron chi connectivity index (χ2n) is 8.45. The van der Waals surface area contributed by atoms with Gasteiger partial charge in [0.15, 0.2) is 5.76 Å². The maximum absolute atomic E-state index is 13.6. The number of ether oxygens (including phenoxy) is 1. The quantitative estimate of drug-likeness (QED) is 0.494. The van der Waals surface area contributed by atoms with Crippen LogP contribution in [0.2, 0.25) is 0 Å². The van der Waals surface area contributed by atoms with E-state index in [0.29, 0.717) is 24.4 Å². The molecule has 3 aromatic rings. The Hall–Kier alpha value is -3.91. The molecule has 2 N–H and O–H groups in total. The molecule has 1 aliphatic rings. The Balaban J connectivity index is 1.62. The van der Waals surface area contributed by atoms with Crippen LogP contribution in [-0.4, -0.2) is 43.5 Å². The number of rotatable bonds is 9. The minimum Gasteiger partial charge on any atom is -0.459 e. The van der Waals surface area contributed by atoms with Gasteiger partial charge in [-0.05, 0) is 49.6 Å². The zero-order valence-corrected chi connectivity index (χ0v) is 19.6. The number of nitrogens with zero attached hydrogens (tertiary/aromatic N) is 1. The molecule has 1 fully saturated rings. The van der Waals surface area contributed by atoms with Gasteiger partial charge in [0.25, 0.3) is 5.91 Å². The number of hydrogen-bond acceptors (Lipinski definition) is 5. The van der Waals surface area contributed by atoms with Gasteiger partial charge in [-0.1, -0.05) is 48.0 Å². The zero-order chi connectivity index (χ0) is 24.6. The van der Waals surface area contributed by atoms with Crippen molar-refractivity contribution in [2.75, 3.05) is 24.6 Å². The second-order valence-corrected chi connectivity index (χ2v) is 8.45. The lowest BCUT2D eigenvalue weighted by molar-refractivity contribution is -0.126. The summed E-state index contributed by atoms with van der Waals surface area (Å²) in [4.78, 5) is 40.9. The Kier molecular flexibility index (Phi) is 7.95. The van der Waals surface area contributed by atoms with E-state index in [1.165, 1.54) is 17.2 Å². The van der Waals surface area contributed by atoms with Gasteiger partial charge in [0.1, 0.15) is 6.04 Å². The van der Waals surface area contributed by atoms with Crippen LogP contribution >= 0.6 is 0 Å². The molecule has 0 radical (unpaired) electrons. The van der Waals surface area contributed by atoms with Gasteiger partial charge < -0.3 is 19.8 Å². The van der Waals surface area contributed by atoms with Crippen molar-refractivity contribution in [3.05, 3.63) is 89.9 Å². The first kappa shape index (κ1) is 24.2. The predicted octanol–water partition coefficient (Wildman–Crippen LogP) is 3.39. The number of anilines is 1. The van der Waals surface area contributed by atoms with Crippen LogP contribution in [0.1, 0.15) is 40.6 Å². The molecular weight excluding hydrogens is 446 g/mol. The molecule has 182 valence electrons. The van der Waals surface area contributed by atoms with Crippen LogP contribution in [0, 0.1) is 6.92 Å². The highest BCUT2D eigenvalue weighted by molar-refractivity contribution is 6.04. The Morgan fingerprint density at radius 1 is 1.00 bits per heavy atom. The van der Waals surface area contributed by atoms with E-state index in [0.717, 1.165) is 18.4 Å². The second kappa shape index (κ2) is 11.5. The third kappa shape index (κ3) is 6.16. The lowest BCUT2D eigenvalue weighted by Crippen LogP contribution is -2.48. The van der Waals surface area contributed by atoms with Crippen LogP contribution in [0.4, 0.5) is 5.69 Å². The molecule has 2 heterocycles. The fraction of sp³-hybridized carbons (Fsp3) is 0.296. The predicted molar refractivity (Wildman–Crippen MR) is 131 cm³/mol. The maximum atomic E-state index is 13.6. The average molecular weight is 476 g/mol. The number of furan rings is 1. The SMILES string of the molecule is Cc1ccc(N(C(=O)CNC(=O)c2ccco2)[C@@H](C(=O)NC[C@@H]2CCCO2)c2ccccc2)cc1. The molecule has 0 unspecified atom stereocenters. The van der Waals surface area contributed by atoms with Gasteiger partial charge in [0, 0.05) is 18.8 Å². The normalized spacial score (nSPS) is 15.9. The van der Waals surface area contributed by atoms with E-state index in [1.54, 1.807) is 18.2 Å². The molecule has 4 rings (SSSR count). The van der Waals surface area contributed by atoms with E-state index in [2.05, 4.69) is 10.6 Å². The molecule has 0 spiro atoms. The van der Waals surface area contributed by atoms with Gasteiger partial charge in [-0.15, -0.1) is 0 Å². The average Bonchev–Trinajstić information content (AvgIpc) is 3.60. The monoisotopic (exact) mass is 475 g/mol.